The fourth-order valence-electron chi connectivity index (χ4n) is 15.8. The van der Waals surface area contributed by atoms with E-state index in [1.54, 1.807) is 0 Å². The quantitative estimate of drug-likeness (QED) is 0.154. The first-order valence-corrected chi connectivity index (χ1v) is 32.7. The second kappa shape index (κ2) is 20.3. The van der Waals surface area contributed by atoms with E-state index in [-0.39, 0.29) is 33.8 Å². The standard InChI is InChI=1S/C85H88BN3/c1-79(2,3)59-38-43-71(65(48-59)55-28-20-17-21-29-55)87-74-51-62(82(10,11)12)36-41-69(74)86-70-42-37-63(83(13,14)15)52-75(70)88(72-44-39-60(80(4,5)6)49-66(72)56-30-22-18-23-31-56)77-54-64(53-76(87)78(77)86)89-73-45-40-61(81(7,8)9)50-68(73)85(58-33-24-19-25-34-58)47-46-57-32-26-27-35-67(57)84(85,89)16/h17-45,48-54H,46-47H2,1-16H3. The smallest absolute Gasteiger partial charge is 0.252 e. The van der Waals surface area contributed by atoms with Crippen molar-refractivity contribution in [2.24, 2.45) is 0 Å². The minimum Gasteiger partial charge on any atom is -0.330 e. The number of aryl methyl sites for hydroxylation is 1. The highest BCUT2D eigenvalue weighted by Crippen LogP contribution is 2.67. The van der Waals surface area contributed by atoms with Gasteiger partial charge in [-0.1, -0.05) is 268 Å². The largest absolute Gasteiger partial charge is 0.330 e. The summed E-state index contributed by atoms with van der Waals surface area (Å²) in [4.78, 5) is 8.27. The first kappa shape index (κ1) is 58.4. The van der Waals surface area contributed by atoms with Crippen LogP contribution in [0, 0.1) is 0 Å². The maximum Gasteiger partial charge on any atom is 0.252 e. The maximum absolute atomic E-state index is 2.84. The lowest BCUT2D eigenvalue weighted by molar-refractivity contribution is 0.270. The van der Waals surface area contributed by atoms with E-state index < -0.39 is 11.0 Å². The van der Waals surface area contributed by atoms with Crippen molar-refractivity contribution in [2.45, 2.75) is 162 Å². The van der Waals surface area contributed by atoms with Crippen molar-refractivity contribution in [2.75, 3.05) is 14.7 Å². The van der Waals surface area contributed by atoms with E-state index in [2.05, 4.69) is 344 Å². The van der Waals surface area contributed by atoms with Crippen LogP contribution in [-0.4, -0.2) is 6.71 Å². The van der Waals surface area contributed by atoms with Crippen LogP contribution in [0.2, 0.25) is 0 Å². The van der Waals surface area contributed by atoms with Gasteiger partial charge in [0.15, 0.2) is 0 Å². The van der Waals surface area contributed by atoms with Crippen LogP contribution >= 0.6 is 0 Å². The Morgan fingerprint density at radius 2 is 0.742 bits per heavy atom. The zero-order valence-electron chi connectivity index (χ0n) is 55.6. The van der Waals surface area contributed by atoms with Crippen LogP contribution in [0.3, 0.4) is 0 Å². The van der Waals surface area contributed by atoms with Gasteiger partial charge in [0.2, 0.25) is 0 Å². The van der Waals surface area contributed by atoms with Gasteiger partial charge in [-0.15, -0.1) is 0 Å². The summed E-state index contributed by atoms with van der Waals surface area (Å²) in [6, 6.07) is 86.0. The Labute approximate surface area is 532 Å². The molecule has 0 aromatic heterocycles. The number of anilines is 8. The second-order valence-electron chi connectivity index (χ2n) is 31.6. The summed E-state index contributed by atoms with van der Waals surface area (Å²) < 4.78 is 0. The van der Waals surface area contributed by atoms with Crippen LogP contribution in [0.15, 0.2) is 218 Å². The SMILES string of the molecule is CC(C)(C)c1ccc(N2c3cc(C(C)(C)C)ccc3B3c4ccc(C(C)(C)C)cc4N(c4ccc(C(C)(C)C)cc4-c4ccccc4)c4cc(N5c6ccc(C(C)(C)C)cc6C6(c7ccccc7)CCc7ccccc7C56C)cc2c43)c(-c2ccccc2)c1. The van der Waals surface area contributed by atoms with Crippen LogP contribution in [0.4, 0.5) is 45.5 Å². The Kier molecular flexibility index (Phi) is 13.3. The lowest BCUT2D eigenvalue weighted by atomic mass is 9.33. The highest BCUT2D eigenvalue weighted by molar-refractivity contribution is 7.00. The summed E-state index contributed by atoms with van der Waals surface area (Å²) in [6.07, 6.45) is 1.94. The van der Waals surface area contributed by atoms with E-state index in [1.165, 1.54) is 134 Å². The molecule has 1 aliphatic carbocycles. The third kappa shape index (κ3) is 9.19. The number of hydrogen-bond donors (Lipinski definition) is 0. The molecule has 4 heteroatoms. The van der Waals surface area contributed by atoms with E-state index in [9.17, 15) is 0 Å². The van der Waals surface area contributed by atoms with Gasteiger partial charge in [-0.05, 0) is 179 Å². The van der Waals surface area contributed by atoms with Crippen molar-refractivity contribution in [1.29, 1.82) is 0 Å². The first-order chi connectivity index (χ1) is 42.2. The van der Waals surface area contributed by atoms with Crippen LogP contribution in [0.1, 0.15) is 167 Å². The summed E-state index contributed by atoms with van der Waals surface area (Å²) in [5.41, 5.74) is 29.0. The normalized spacial score (nSPS) is 17.8. The Hall–Kier alpha value is -8.34. The molecule has 3 heterocycles. The lowest BCUT2D eigenvalue weighted by Gasteiger charge is -2.53. The second-order valence-corrected chi connectivity index (χ2v) is 31.6. The van der Waals surface area contributed by atoms with Gasteiger partial charge >= 0.3 is 0 Å². The highest BCUT2D eigenvalue weighted by atomic mass is 15.3. The van der Waals surface area contributed by atoms with Crippen molar-refractivity contribution in [1.82, 2.24) is 0 Å². The van der Waals surface area contributed by atoms with Gasteiger partial charge in [0.1, 0.15) is 0 Å². The molecule has 3 nitrogen and oxygen atoms in total. The summed E-state index contributed by atoms with van der Waals surface area (Å²) in [5, 5.41) is 0. The van der Waals surface area contributed by atoms with Crippen molar-refractivity contribution in [3.05, 3.63) is 268 Å². The molecule has 0 spiro atoms. The molecule has 3 aliphatic heterocycles. The molecule has 0 saturated carbocycles. The number of hydrogen-bond acceptors (Lipinski definition) is 3. The maximum atomic E-state index is 2.84. The Morgan fingerprint density at radius 3 is 1.20 bits per heavy atom. The average molecular weight is 1160 g/mol. The number of rotatable bonds is 6. The van der Waals surface area contributed by atoms with Crippen LogP contribution in [-0.2, 0) is 44.4 Å². The van der Waals surface area contributed by atoms with Crippen molar-refractivity contribution in [3.63, 3.8) is 0 Å². The zero-order chi connectivity index (χ0) is 62.5. The van der Waals surface area contributed by atoms with Crippen LogP contribution in [0.5, 0.6) is 0 Å². The lowest BCUT2D eigenvalue weighted by Crippen LogP contribution is -2.61. The van der Waals surface area contributed by atoms with Crippen LogP contribution in [0.25, 0.3) is 22.3 Å². The molecule has 0 bridgehead atoms. The molecular formula is C85H88BN3. The van der Waals surface area contributed by atoms with Gasteiger partial charge in [0, 0.05) is 45.3 Å². The summed E-state index contributed by atoms with van der Waals surface area (Å²) in [5.74, 6) is 0. The number of fused-ring (bicyclic) bond motifs is 9. The van der Waals surface area contributed by atoms with E-state index in [0.29, 0.717) is 0 Å². The molecule has 14 rings (SSSR count). The topological polar surface area (TPSA) is 9.72 Å². The van der Waals surface area contributed by atoms with E-state index in [4.69, 9.17) is 0 Å². The molecule has 2 atom stereocenters. The van der Waals surface area contributed by atoms with Crippen molar-refractivity contribution < 1.29 is 0 Å². The van der Waals surface area contributed by atoms with E-state index in [1.807, 2.05) is 0 Å². The molecule has 0 N–H and O–H groups in total. The molecule has 4 aliphatic rings. The van der Waals surface area contributed by atoms with Gasteiger partial charge in [-0.3, -0.25) is 0 Å². The molecular weight excluding hydrogens is 1070 g/mol. The molecule has 446 valence electrons. The number of benzene rings is 10. The molecule has 0 radical (unpaired) electrons. The van der Waals surface area contributed by atoms with Crippen molar-refractivity contribution in [3.8, 4) is 22.3 Å². The summed E-state index contributed by atoms with van der Waals surface area (Å²) >= 11 is 0. The molecule has 0 saturated heterocycles. The fraction of sp³-hybridized carbons (Fsp3) is 0.294. The number of nitrogens with zero attached hydrogens (tertiary/aromatic N) is 3. The van der Waals surface area contributed by atoms with Gasteiger partial charge < -0.3 is 14.7 Å². The minimum absolute atomic E-state index is 0.0775. The molecule has 2 unspecified atom stereocenters. The van der Waals surface area contributed by atoms with Crippen molar-refractivity contribution >= 4 is 68.6 Å². The third-order valence-electron chi connectivity index (χ3n) is 20.8. The summed E-state index contributed by atoms with van der Waals surface area (Å²) in [7, 11) is 0. The van der Waals surface area contributed by atoms with E-state index >= 15 is 0 Å². The Balaban J connectivity index is 1.19. The average Bonchev–Trinajstić information content (AvgIpc) is 1.59. The van der Waals surface area contributed by atoms with E-state index in [0.717, 1.165) is 12.8 Å². The zero-order valence-corrected chi connectivity index (χ0v) is 55.6. The molecule has 0 amide bonds. The van der Waals surface area contributed by atoms with Gasteiger partial charge in [-0.2, -0.15) is 0 Å². The van der Waals surface area contributed by atoms with Gasteiger partial charge in [0.05, 0.1) is 22.3 Å². The van der Waals surface area contributed by atoms with Crippen LogP contribution < -0.4 is 31.1 Å². The monoisotopic (exact) mass is 1160 g/mol. The molecule has 0 fully saturated rings. The third-order valence-corrected chi connectivity index (χ3v) is 20.8. The van der Waals surface area contributed by atoms with Gasteiger partial charge in [0.25, 0.3) is 6.71 Å². The first-order valence-electron chi connectivity index (χ1n) is 32.7. The highest BCUT2D eigenvalue weighted by Gasteiger charge is 2.63. The summed E-state index contributed by atoms with van der Waals surface area (Å²) in [6.45, 7) is 37.9. The predicted octanol–water partition coefficient (Wildman–Crippen LogP) is 20.9. The Morgan fingerprint density at radius 1 is 0.348 bits per heavy atom. The fourth-order valence-corrected chi connectivity index (χ4v) is 15.8. The Bertz CT molecular complexity index is 4230. The predicted molar refractivity (Wildman–Crippen MR) is 383 cm³/mol. The molecule has 10 aromatic carbocycles. The molecule has 10 aromatic rings. The molecule has 89 heavy (non-hydrogen) atoms. The van der Waals surface area contributed by atoms with Gasteiger partial charge in [-0.25, -0.2) is 0 Å². The minimum atomic E-state index is -0.594.